The molecule has 1 atom stereocenters. The second-order valence-electron chi connectivity index (χ2n) is 1.91. The highest BCUT2D eigenvalue weighted by atomic mass is 32.2. The zero-order valence-corrected chi connectivity index (χ0v) is 8.05. The van der Waals surface area contributed by atoms with E-state index in [-0.39, 0.29) is 0 Å². The third-order valence-electron chi connectivity index (χ3n) is 0.856. The van der Waals surface area contributed by atoms with Gasteiger partial charge in [0.15, 0.2) is 5.44 Å². The lowest BCUT2D eigenvalue weighted by atomic mass is 10.7. The van der Waals surface area contributed by atoms with E-state index in [2.05, 4.69) is 0 Å². The van der Waals surface area contributed by atoms with Crippen molar-refractivity contribution in [3.05, 3.63) is 22.9 Å². The summed E-state index contributed by atoms with van der Waals surface area (Å²) in [6.07, 6.45) is 0. The van der Waals surface area contributed by atoms with Crippen LogP contribution in [-0.4, -0.2) is 23.5 Å². The Kier molecular flexibility index (Phi) is 5.07. The molecule has 0 aliphatic heterocycles. The van der Waals surface area contributed by atoms with E-state index in [0.29, 0.717) is 0 Å². The molecule has 12 heavy (non-hydrogen) atoms. The Morgan fingerprint density at radius 2 is 1.67 bits per heavy atom. The SMILES string of the molecule is CC(O)S(=O)(=O)O.c1ccsc1. The summed E-state index contributed by atoms with van der Waals surface area (Å²) >= 11 is 1.71. The molecule has 1 unspecified atom stereocenters. The van der Waals surface area contributed by atoms with Crippen molar-refractivity contribution in [2.24, 2.45) is 0 Å². The van der Waals surface area contributed by atoms with Crippen LogP contribution in [0.2, 0.25) is 0 Å². The van der Waals surface area contributed by atoms with Gasteiger partial charge in [0.25, 0.3) is 10.1 Å². The molecule has 0 aromatic carbocycles. The molecule has 0 radical (unpaired) electrons. The molecule has 70 valence electrons. The van der Waals surface area contributed by atoms with Gasteiger partial charge in [-0.05, 0) is 17.7 Å². The van der Waals surface area contributed by atoms with Crippen LogP contribution in [0.5, 0.6) is 0 Å². The van der Waals surface area contributed by atoms with Gasteiger partial charge < -0.3 is 5.11 Å². The summed E-state index contributed by atoms with van der Waals surface area (Å²) in [7, 11) is -4.19. The number of hydrogen-bond acceptors (Lipinski definition) is 4. The van der Waals surface area contributed by atoms with E-state index >= 15 is 0 Å². The quantitative estimate of drug-likeness (QED) is 0.677. The van der Waals surface area contributed by atoms with Gasteiger partial charge in [0.2, 0.25) is 0 Å². The van der Waals surface area contributed by atoms with E-state index in [1.54, 1.807) is 11.3 Å². The Morgan fingerprint density at radius 3 is 1.75 bits per heavy atom. The molecule has 0 aliphatic carbocycles. The minimum atomic E-state index is -4.19. The Balaban J connectivity index is 0.000000211. The highest BCUT2D eigenvalue weighted by molar-refractivity contribution is 7.86. The van der Waals surface area contributed by atoms with Crippen molar-refractivity contribution < 1.29 is 18.1 Å². The first-order valence-electron chi connectivity index (χ1n) is 3.06. The predicted molar refractivity (Wildman–Crippen MR) is 47.5 cm³/mol. The lowest BCUT2D eigenvalue weighted by Crippen LogP contribution is -2.14. The van der Waals surface area contributed by atoms with Gasteiger partial charge >= 0.3 is 0 Å². The van der Waals surface area contributed by atoms with Gasteiger partial charge in [0, 0.05) is 0 Å². The van der Waals surface area contributed by atoms with Gasteiger partial charge in [-0.3, -0.25) is 4.55 Å². The van der Waals surface area contributed by atoms with Crippen LogP contribution < -0.4 is 0 Å². The molecular formula is C6H10O4S2. The largest absolute Gasteiger partial charge is 0.375 e. The van der Waals surface area contributed by atoms with E-state index in [1.807, 2.05) is 22.9 Å². The molecule has 0 aliphatic rings. The fraction of sp³-hybridized carbons (Fsp3) is 0.333. The molecule has 6 heteroatoms. The lowest BCUT2D eigenvalue weighted by Gasteiger charge is -1.94. The standard InChI is InChI=1S/C4H4S.C2H6O4S/c1-2-4-5-3-1;1-2(3)7(4,5)6/h1-4H;2-3H,1H3,(H,4,5,6). The third kappa shape index (κ3) is 6.29. The van der Waals surface area contributed by atoms with Crippen molar-refractivity contribution in [2.45, 2.75) is 12.4 Å². The highest BCUT2D eigenvalue weighted by Crippen LogP contribution is 1.91. The van der Waals surface area contributed by atoms with E-state index in [9.17, 15) is 8.42 Å². The van der Waals surface area contributed by atoms with Crippen LogP contribution in [0.25, 0.3) is 0 Å². The fourth-order valence-corrected chi connectivity index (χ4v) is 0.680. The topological polar surface area (TPSA) is 74.6 Å². The third-order valence-corrected chi connectivity index (χ3v) is 2.35. The molecule has 0 amide bonds. The number of thiophene rings is 1. The number of aliphatic hydroxyl groups is 1. The maximum Gasteiger partial charge on any atom is 0.291 e. The van der Waals surface area contributed by atoms with E-state index in [1.165, 1.54) is 0 Å². The van der Waals surface area contributed by atoms with Crippen LogP contribution in [0, 0.1) is 0 Å². The summed E-state index contributed by atoms with van der Waals surface area (Å²) in [5, 5.41) is 12.1. The van der Waals surface area contributed by atoms with Crippen LogP contribution in [0.3, 0.4) is 0 Å². The van der Waals surface area contributed by atoms with Crippen LogP contribution in [0.1, 0.15) is 6.92 Å². The maximum absolute atomic E-state index is 9.64. The number of hydrogen-bond donors (Lipinski definition) is 2. The summed E-state index contributed by atoms with van der Waals surface area (Å²) in [6.45, 7) is 0.968. The van der Waals surface area contributed by atoms with Crippen LogP contribution in [0.4, 0.5) is 0 Å². The second-order valence-corrected chi connectivity index (χ2v) is 4.44. The van der Waals surface area contributed by atoms with Crippen molar-refractivity contribution in [2.75, 3.05) is 0 Å². The van der Waals surface area contributed by atoms with E-state index in [0.717, 1.165) is 6.92 Å². The monoisotopic (exact) mass is 210 g/mol. The van der Waals surface area contributed by atoms with Crippen LogP contribution in [0.15, 0.2) is 22.9 Å². The first-order valence-corrected chi connectivity index (χ1v) is 5.50. The molecule has 0 fully saturated rings. The van der Waals surface area contributed by atoms with Gasteiger partial charge in [-0.1, -0.05) is 12.1 Å². The molecule has 0 saturated carbocycles. The van der Waals surface area contributed by atoms with Crippen molar-refractivity contribution >= 4 is 21.5 Å². The maximum atomic E-state index is 9.64. The predicted octanol–water partition coefficient (Wildman–Crippen LogP) is 0.961. The van der Waals surface area contributed by atoms with Crippen LogP contribution in [-0.2, 0) is 10.1 Å². The van der Waals surface area contributed by atoms with Gasteiger partial charge in [0.1, 0.15) is 0 Å². The molecule has 0 saturated heterocycles. The second kappa shape index (κ2) is 5.26. The van der Waals surface area contributed by atoms with Crippen LogP contribution >= 0.6 is 11.3 Å². The fourth-order valence-electron chi connectivity index (χ4n) is 0.227. The van der Waals surface area contributed by atoms with Crippen molar-refractivity contribution in [1.82, 2.24) is 0 Å². The van der Waals surface area contributed by atoms with Crippen molar-refractivity contribution in [1.29, 1.82) is 0 Å². The van der Waals surface area contributed by atoms with Gasteiger partial charge in [0.05, 0.1) is 0 Å². The van der Waals surface area contributed by atoms with E-state index < -0.39 is 15.6 Å². The Bertz CT molecular complexity index is 257. The molecule has 0 spiro atoms. The number of aliphatic hydroxyl groups excluding tert-OH is 1. The van der Waals surface area contributed by atoms with Crippen molar-refractivity contribution in [3.8, 4) is 0 Å². The Morgan fingerprint density at radius 1 is 1.33 bits per heavy atom. The molecule has 4 nitrogen and oxygen atoms in total. The summed E-state index contributed by atoms with van der Waals surface area (Å²) in [5.74, 6) is 0. The highest BCUT2D eigenvalue weighted by Gasteiger charge is 2.10. The first kappa shape index (κ1) is 11.6. The van der Waals surface area contributed by atoms with Gasteiger partial charge in [-0.2, -0.15) is 19.8 Å². The summed E-state index contributed by atoms with van der Waals surface area (Å²) < 4.78 is 27.1. The average Bonchev–Trinajstić information content (AvgIpc) is 2.39. The average molecular weight is 210 g/mol. The minimum absolute atomic E-state index is 0.968. The molecule has 1 heterocycles. The zero-order chi connectivity index (χ0) is 9.61. The number of rotatable bonds is 1. The molecule has 1 rings (SSSR count). The molecule has 1 aromatic rings. The van der Waals surface area contributed by atoms with Gasteiger partial charge in [-0.25, -0.2) is 0 Å². The Labute approximate surface area is 75.2 Å². The van der Waals surface area contributed by atoms with Crippen molar-refractivity contribution in [3.63, 3.8) is 0 Å². The molecule has 2 N–H and O–H groups in total. The first-order chi connectivity index (χ1) is 5.44. The zero-order valence-electron chi connectivity index (χ0n) is 6.41. The summed E-state index contributed by atoms with van der Waals surface area (Å²) in [4.78, 5) is 0. The van der Waals surface area contributed by atoms with Gasteiger partial charge in [-0.15, -0.1) is 0 Å². The Hall–Kier alpha value is -0.430. The normalized spacial score (nSPS) is 12.9. The minimum Gasteiger partial charge on any atom is -0.375 e. The summed E-state index contributed by atoms with van der Waals surface area (Å²) in [6, 6.07) is 4.04. The smallest absolute Gasteiger partial charge is 0.291 e. The molecule has 0 bridgehead atoms. The molecule has 1 aromatic heterocycles. The molecular weight excluding hydrogens is 200 g/mol. The van der Waals surface area contributed by atoms with E-state index in [4.69, 9.17) is 9.66 Å². The summed E-state index contributed by atoms with van der Waals surface area (Å²) in [5.41, 5.74) is -1.67. The lowest BCUT2D eigenvalue weighted by molar-refractivity contribution is 0.252.